The van der Waals surface area contributed by atoms with Gasteiger partial charge >= 0.3 is 0 Å². The number of benzene rings is 1. The van der Waals surface area contributed by atoms with Crippen LogP contribution in [-0.2, 0) is 4.79 Å². The van der Waals surface area contributed by atoms with Crippen LogP contribution >= 0.6 is 0 Å². The molecule has 21 heavy (non-hydrogen) atoms. The highest BCUT2D eigenvalue weighted by Gasteiger charge is 2.25. The van der Waals surface area contributed by atoms with Crippen molar-refractivity contribution in [3.63, 3.8) is 0 Å². The zero-order valence-corrected chi connectivity index (χ0v) is 13.2. The van der Waals surface area contributed by atoms with E-state index >= 15 is 0 Å². The number of rotatable bonds is 5. The second kappa shape index (κ2) is 7.34. The topological polar surface area (TPSA) is 38.8 Å². The number of piperidine rings is 1. The summed E-state index contributed by atoms with van der Waals surface area (Å²) in [5.74, 6) is 1.37. The standard InChI is InChI=1S/C17H25NO3/c1-4-14-7-5-6-10-18(14)17(19)12-21-15-9-8-13(2)11-16(15)20-3/h8-9,11,14H,4-7,10,12H2,1-3H3. The average molecular weight is 291 g/mol. The quantitative estimate of drug-likeness (QED) is 0.836. The predicted octanol–water partition coefficient (Wildman–Crippen LogP) is 3.17. The molecule has 1 aliphatic heterocycles. The Morgan fingerprint density at radius 1 is 1.33 bits per heavy atom. The monoisotopic (exact) mass is 291 g/mol. The first kappa shape index (κ1) is 15.7. The highest BCUT2D eigenvalue weighted by Crippen LogP contribution is 2.28. The molecule has 1 aromatic carbocycles. The average Bonchev–Trinajstić information content (AvgIpc) is 2.53. The summed E-state index contributed by atoms with van der Waals surface area (Å²) < 4.78 is 11.0. The molecule has 116 valence electrons. The van der Waals surface area contributed by atoms with E-state index in [1.807, 2.05) is 30.0 Å². The maximum absolute atomic E-state index is 12.4. The van der Waals surface area contributed by atoms with Crippen molar-refractivity contribution in [2.75, 3.05) is 20.3 Å². The fraction of sp³-hybridized carbons (Fsp3) is 0.588. The van der Waals surface area contributed by atoms with Gasteiger partial charge in [-0.15, -0.1) is 0 Å². The number of hydrogen-bond acceptors (Lipinski definition) is 3. The first-order valence-corrected chi connectivity index (χ1v) is 7.72. The minimum Gasteiger partial charge on any atom is -0.493 e. The molecule has 1 aromatic rings. The molecule has 1 saturated heterocycles. The summed E-state index contributed by atoms with van der Waals surface area (Å²) in [4.78, 5) is 14.3. The summed E-state index contributed by atoms with van der Waals surface area (Å²) >= 11 is 0. The Balaban J connectivity index is 1.97. The van der Waals surface area contributed by atoms with E-state index in [4.69, 9.17) is 9.47 Å². The molecule has 2 rings (SSSR count). The fourth-order valence-electron chi connectivity index (χ4n) is 2.87. The SMILES string of the molecule is CCC1CCCCN1C(=O)COc1ccc(C)cc1OC. The van der Waals surface area contributed by atoms with Gasteiger partial charge < -0.3 is 14.4 Å². The summed E-state index contributed by atoms with van der Waals surface area (Å²) in [7, 11) is 1.61. The van der Waals surface area contributed by atoms with Crippen molar-refractivity contribution >= 4 is 5.91 Å². The van der Waals surface area contributed by atoms with E-state index in [0.29, 0.717) is 17.5 Å². The molecule has 0 spiro atoms. The number of ether oxygens (including phenoxy) is 2. The van der Waals surface area contributed by atoms with E-state index in [1.165, 1.54) is 6.42 Å². The van der Waals surface area contributed by atoms with Crippen LogP contribution in [0.2, 0.25) is 0 Å². The fourth-order valence-corrected chi connectivity index (χ4v) is 2.87. The lowest BCUT2D eigenvalue weighted by Gasteiger charge is -2.35. The van der Waals surface area contributed by atoms with Crippen LogP contribution in [0.25, 0.3) is 0 Å². The van der Waals surface area contributed by atoms with Gasteiger partial charge in [0.25, 0.3) is 5.91 Å². The summed E-state index contributed by atoms with van der Waals surface area (Å²) in [6.07, 6.45) is 4.43. The number of nitrogens with zero attached hydrogens (tertiary/aromatic N) is 1. The Kier molecular flexibility index (Phi) is 5.48. The van der Waals surface area contributed by atoms with E-state index in [9.17, 15) is 4.79 Å². The molecule has 1 amide bonds. The van der Waals surface area contributed by atoms with Crippen LogP contribution in [0.1, 0.15) is 38.2 Å². The maximum atomic E-state index is 12.4. The normalized spacial score (nSPS) is 18.4. The van der Waals surface area contributed by atoms with Crippen molar-refractivity contribution in [2.45, 2.75) is 45.6 Å². The number of likely N-dealkylation sites (tertiary alicyclic amines) is 1. The number of carbonyl (C=O) groups is 1. The Morgan fingerprint density at radius 3 is 2.86 bits per heavy atom. The number of carbonyl (C=O) groups excluding carboxylic acids is 1. The summed E-state index contributed by atoms with van der Waals surface area (Å²) in [5, 5.41) is 0. The lowest BCUT2D eigenvalue weighted by Crippen LogP contribution is -2.45. The van der Waals surface area contributed by atoms with Crippen LogP contribution in [-0.4, -0.2) is 37.1 Å². The Morgan fingerprint density at radius 2 is 2.14 bits per heavy atom. The van der Waals surface area contributed by atoms with Gasteiger partial charge in [0.1, 0.15) is 0 Å². The van der Waals surface area contributed by atoms with Gasteiger partial charge in [0.2, 0.25) is 0 Å². The Bertz CT molecular complexity index is 487. The molecule has 0 aliphatic carbocycles. The van der Waals surface area contributed by atoms with E-state index in [-0.39, 0.29) is 12.5 Å². The van der Waals surface area contributed by atoms with Crippen molar-refractivity contribution in [1.29, 1.82) is 0 Å². The Labute approximate surface area is 127 Å². The van der Waals surface area contributed by atoms with Gasteiger partial charge in [-0.2, -0.15) is 0 Å². The molecular weight excluding hydrogens is 266 g/mol. The summed E-state index contributed by atoms with van der Waals surface area (Å²) in [6, 6.07) is 6.09. The van der Waals surface area contributed by atoms with Crippen LogP contribution < -0.4 is 9.47 Å². The minimum absolute atomic E-state index is 0.0733. The predicted molar refractivity (Wildman–Crippen MR) is 82.9 cm³/mol. The largest absolute Gasteiger partial charge is 0.493 e. The van der Waals surface area contributed by atoms with Gasteiger partial charge in [-0.05, 0) is 50.3 Å². The summed E-state index contributed by atoms with van der Waals surface area (Å²) in [5.41, 5.74) is 1.10. The maximum Gasteiger partial charge on any atom is 0.260 e. The van der Waals surface area contributed by atoms with E-state index in [1.54, 1.807) is 7.11 Å². The molecule has 1 atom stereocenters. The second-order valence-corrected chi connectivity index (χ2v) is 5.59. The highest BCUT2D eigenvalue weighted by molar-refractivity contribution is 5.78. The van der Waals surface area contributed by atoms with Crippen LogP contribution in [0.4, 0.5) is 0 Å². The second-order valence-electron chi connectivity index (χ2n) is 5.59. The first-order valence-electron chi connectivity index (χ1n) is 7.72. The van der Waals surface area contributed by atoms with Crippen molar-refractivity contribution < 1.29 is 14.3 Å². The van der Waals surface area contributed by atoms with E-state index in [2.05, 4.69) is 6.92 Å². The van der Waals surface area contributed by atoms with Crippen LogP contribution in [0.3, 0.4) is 0 Å². The zero-order valence-electron chi connectivity index (χ0n) is 13.2. The lowest BCUT2D eigenvalue weighted by atomic mass is 10.00. The minimum atomic E-state index is 0.0733. The molecule has 4 heteroatoms. The molecular formula is C17H25NO3. The van der Waals surface area contributed by atoms with Crippen LogP contribution in [0, 0.1) is 6.92 Å². The van der Waals surface area contributed by atoms with Crippen molar-refractivity contribution in [3.05, 3.63) is 23.8 Å². The molecule has 1 fully saturated rings. The zero-order chi connectivity index (χ0) is 15.2. The van der Waals surface area contributed by atoms with Gasteiger partial charge in [-0.3, -0.25) is 4.79 Å². The molecule has 4 nitrogen and oxygen atoms in total. The molecule has 0 radical (unpaired) electrons. The van der Waals surface area contributed by atoms with Gasteiger partial charge in [-0.1, -0.05) is 13.0 Å². The van der Waals surface area contributed by atoms with Crippen molar-refractivity contribution in [3.8, 4) is 11.5 Å². The van der Waals surface area contributed by atoms with Crippen LogP contribution in [0.15, 0.2) is 18.2 Å². The van der Waals surface area contributed by atoms with Crippen molar-refractivity contribution in [1.82, 2.24) is 4.90 Å². The van der Waals surface area contributed by atoms with E-state index in [0.717, 1.165) is 31.4 Å². The molecule has 1 unspecified atom stereocenters. The number of methoxy groups -OCH3 is 1. The molecule has 0 aromatic heterocycles. The summed E-state index contributed by atoms with van der Waals surface area (Å²) in [6.45, 7) is 5.07. The molecule has 0 saturated carbocycles. The number of amides is 1. The smallest absolute Gasteiger partial charge is 0.260 e. The Hall–Kier alpha value is -1.71. The molecule has 0 bridgehead atoms. The third-order valence-corrected chi connectivity index (χ3v) is 4.09. The van der Waals surface area contributed by atoms with Gasteiger partial charge in [0.15, 0.2) is 18.1 Å². The van der Waals surface area contributed by atoms with E-state index < -0.39 is 0 Å². The van der Waals surface area contributed by atoms with Gasteiger partial charge in [-0.25, -0.2) is 0 Å². The number of aryl methyl sites for hydroxylation is 1. The van der Waals surface area contributed by atoms with Crippen molar-refractivity contribution in [2.24, 2.45) is 0 Å². The number of hydrogen-bond donors (Lipinski definition) is 0. The lowest BCUT2D eigenvalue weighted by molar-refractivity contribution is -0.137. The third-order valence-electron chi connectivity index (χ3n) is 4.09. The van der Waals surface area contributed by atoms with Gasteiger partial charge in [0.05, 0.1) is 7.11 Å². The van der Waals surface area contributed by atoms with Crippen LogP contribution in [0.5, 0.6) is 11.5 Å². The molecule has 1 heterocycles. The first-order chi connectivity index (χ1) is 10.2. The highest BCUT2D eigenvalue weighted by atomic mass is 16.5. The van der Waals surface area contributed by atoms with Gasteiger partial charge in [0, 0.05) is 12.6 Å². The third kappa shape index (κ3) is 3.90. The molecule has 0 N–H and O–H groups in total. The molecule has 1 aliphatic rings.